The normalized spacial score (nSPS) is 10.9. The van der Waals surface area contributed by atoms with Gasteiger partial charge in [0.05, 0.1) is 10.7 Å². The monoisotopic (exact) mass is 415 g/mol. The maximum Gasteiger partial charge on any atom is 0.269 e. The Morgan fingerprint density at radius 3 is 2.21 bits per heavy atom. The molecule has 0 radical (unpaired) electrons. The van der Waals surface area contributed by atoms with Crippen LogP contribution < -0.4 is 10.3 Å². The van der Waals surface area contributed by atoms with Gasteiger partial charge in [0.1, 0.15) is 17.4 Å². The summed E-state index contributed by atoms with van der Waals surface area (Å²) < 4.78 is 7.67. The fourth-order valence-corrected chi connectivity index (χ4v) is 3.72. The summed E-state index contributed by atoms with van der Waals surface area (Å²) in [6.07, 6.45) is 0.702. The van der Waals surface area contributed by atoms with Crippen molar-refractivity contribution in [3.8, 4) is 5.75 Å². The smallest absolute Gasteiger partial charge is 0.269 e. The number of hydrogen-bond acceptors (Lipinski definition) is 2. The minimum atomic E-state index is -0.252. The number of rotatable bonds is 6. The summed E-state index contributed by atoms with van der Waals surface area (Å²) in [6, 6.07) is 15.7. The van der Waals surface area contributed by atoms with Crippen LogP contribution in [0.5, 0.6) is 5.75 Å². The Hall–Kier alpha value is -2.23. The van der Waals surface area contributed by atoms with E-state index in [0.29, 0.717) is 23.7 Å². The van der Waals surface area contributed by atoms with E-state index in [-0.39, 0.29) is 17.2 Å². The van der Waals surface area contributed by atoms with Crippen molar-refractivity contribution in [2.75, 3.05) is 0 Å². The van der Waals surface area contributed by atoms with Gasteiger partial charge in [0.2, 0.25) is 0 Å². The van der Waals surface area contributed by atoms with Gasteiger partial charge in [-0.1, -0.05) is 71.2 Å². The number of benzene rings is 2. The first-order valence-corrected chi connectivity index (χ1v) is 9.94. The highest BCUT2D eigenvalue weighted by molar-refractivity contribution is 6.34. The second-order valence-corrected chi connectivity index (χ2v) is 7.80. The summed E-state index contributed by atoms with van der Waals surface area (Å²) >= 11 is 12.5. The van der Waals surface area contributed by atoms with Gasteiger partial charge >= 0.3 is 0 Å². The van der Waals surface area contributed by atoms with Gasteiger partial charge in [-0.25, -0.2) is 0 Å². The molecule has 3 nitrogen and oxygen atoms in total. The zero-order chi connectivity index (χ0) is 20.3. The van der Waals surface area contributed by atoms with Crippen LogP contribution in [0.15, 0.2) is 53.3 Å². The fourth-order valence-electron chi connectivity index (χ4n) is 3.18. The van der Waals surface area contributed by atoms with Crippen molar-refractivity contribution in [1.82, 2.24) is 4.57 Å². The second kappa shape index (κ2) is 8.85. The van der Waals surface area contributed by atoms with E-state index in [0.717, 1.165) is 22.4 Å². The molecule has 0 aliphatic heterocycles. The lowest BCUT2D eigenvalue weighted by atomic mass is 10.1. The second-order valence-electron chi connectivity index (χ2n) is 6.99. The van der Waals surface area contributed by atoms with E-state index < -0.39 is 0 Å². The molecular weight excluding hydrogens is 393 g/mol. The molecule has 0 saturated heterocycles. The van der Waals surface area contributed by atoms with E-state index in [1.807, 2.05) is 39.0 Å². The highest BCUT2D eigenvalue weighted by Gasteiger charge is 2.15. The number of halogens is 2. The molecule has 0 amide bonds. The quantitative estimate of drug-likeness (QED) is 0.501. The topological polar surface area (TPSA) is 31.2 Å². The Morgan fingerprint density at radius 2 is 1.57 bits per heavy atom. The lowest BCUT2D eigenvalue weighted by Gasteiger charge is -2.18. The Balaban J connectivity index is 1.88. The van der Waals surface area contributed by atoms with Crippen LogP contribution in [0, 0.1) is 20.8 Å². The van der Waals surface area contributed by atoms with Crippen molar-refractivity contribution in [3.63, 3.8) is 0 Å². The number of pyridine rings is 1. The summed E-state index contributed by atoms with van der Waals surface area (Å²) in [4.78, 5) is 12.7. The molecule has 2 aromatic carbocycles. The van der Waals surface area contributed by atoms with Crippen LogP contribution in [0.3, 0.4) is 0 Å². The molecule has 0 spiro atoms. The highest BCUT2D eigenvalue weighted by Crippen LogP contribution is 2.25. The Labute approximate surface area is 175 Å². The largest absolute Gasteiger partial charge is 0.487 e. The molecule has 0 bridgehead atoms. The van der Waals surface area contributed by atoms with E-state index in [2.05, 4.69) is 24.3 Å². The van der Waals surface area contributed by atoms with E-state index in [1.54, 1.807) is 4.57 Å². The molecule has 0 unspecified atom stereocenters. The maximum absolute atomic E-state index is 12.7. The summed E-state index contributed by atoms with van der Waals surface area (Å²) in [7, 11) is 0. The molecule has 0 atom stereocenters. The van der Waals surface area contributed by atoms with Crippen molar-refractivity contribution in [3.05, 3.63) is 96.9 Å². The molecule has 0 saturated carbocycles. The molecule has 0 N–H and O–H groups in total. The molecule has 28 heavy (non-hydrogen) atoms. The van der Waals surface area contributed by atoms with Crippen LogP contribution >= 0.6 is 23.2 Å². The third kappa shape index (κ3) is 4.60. The van der Waals surface area contributed by atoms with Gasteiger partial charge in [-0.3, -0.25) is 4.79 Å². The Morgan fingerprint density at radius 1 is 0.929 bits per heavy atom. The number of ether oxygens (including phenoxy) is 1. The van der Waals surface area contributed by atoms with Crippen LogP contribution in [-0.2, 0) is 19.6 Å². The lowest BCUT2D eigenvalue weighted by Crippen LogP contribution is -2.26. The number of aryl methyl sites for hydroxylation is 4. The summed E-state index contributed by atoms with van der Waals surface area (Å²) in [6.45, 7) is 6.72. The number of para-hydroxylation sites is 1. The standard InChI is InChI=1S/C23H23Cl2NO2/c1-15-7-9-18(10-8-15)11-12-26-21(19(24)13-20(25)23(26)27)14-28-22-16(2)5-4-6-17(22)3/h4-10,13H,11-12,14H2,1-3H3. The summed E-state index contributed by atoms with van der Waals surface area (Å²) in [5, 5.41) is 0.546. The Bertz CT molecular complexity index is 1020. The van der Waals surface area contributed by atoms with Gasteiger partial charge in [0.25, 0.3) is 5.56 Å². The molecule has 3 rings (SSSR count). The third-order valence-electron chi connectivity index (χ3n) is 4.81. The van der Waals surface area contributed by atoms with Crippen LogP contribution in [-0.4, -0.2) is 4.57 Å². The van der Waals surface area contributed by atoms with Crippen molar-refractivity contribution in [2.45, 2.75) is 40.3 Å². The van der Waals surface area contributed by atoms with E-state index in [9.17, 15) is 4.79 Å². The van der Waals surface area contributed by atoms with Crippen LogP contribution in [0.2, 0.25) is 10.0 Å². The fraction of sp³-hybridized carbons (Fsp3) is 0.261. The molecule has 0 fully saturated rings. The molecule has 1 aromatic heterocycles. The Kier molecular flexibility index (Phi) is 6.48. The maximum atomic E-state index is 12.7. The summed E-state index contributed by atoms with van der Waals surface area (Å²) in [5.41, 5.74) is 4.81. The van der Waals surface area contributed by atoms with Crippen molar-refractivity contribution < 1.29 is 4.74 Å². The minimum absolute atomic E-state index is 0.115. The van der Waals surface area contributed by atoms with Crippen LogP contribution in [0.4, 0.5) is 0 Å². The van der Waals surface area contributed by atoms with Gasteiger partial charge in [-0.15, -0.1) is 0 Å². The van der Waals surface area contributed by atoms with Crippen molar-refractivity contribution in [1.29, 1.82) is 0 Å². The highest BCUT2D eigenvalue weighted by atomic mass is 35.5. The molecule has 3 aromatic rings. The average Bonchev–Trinajstić information content (AvgIpc) is 2.66. The molecule has 5 heteroatoms. The van der Waals surface area contributed by atoms with Crippen LogP contribution in [0.1, 0.15) is 27.9 Å². The van der Waals surface area contributed by atoms with Crippen molar-refractivity contribution >= 4 is 23.2 Å². The number of hydrogen-bond donors (Lipinski definition) is 0. The van der Waals surface area contributed by atoms with E-state index >= 15 is 0 Å². The molecule has 1 heterocycles. The van der Waals surface area contributed by atoms with Crippen molar-refractivity contribution in [2.24, 2.45) is 0 Å². The summed E-state index contributed by atoms with van der Waals surface area (Å²) in [5.74, 6) is 0.811. The first-order valence-electron chi connectivity index (χ1n) is 9.19. The molecule has 0 aliphatic rings. The average molecular weight is 416 g/mol. The minimum Gasteiger partial charge on any atom is -0.487 e. The van der Waals surface area contributed by atoms with Gasteiger partial charge in [-0.2, -0.15) is 0 Å². The number of aromatic nitrogens is 1. The molecular formula is C23H23Cl2NO2. The first kappa shape index (κ1) is 20.5. The van der Waals surface area contributed by atoms with Gasteiger partial charge in [0.15, 0.2) is 0 Å². The predicted octanol–water partition coefficient (Wildman–Crippen LogP) is 5.90. The molecule has 0 aliphatic carbocycles. The van der Waals surface area contributed by atoms with E-state index in [1.165, 1.54) is 11.6 Å². The van der Waals surface area contributed by atoms with Gasteiger partial charge in [-0.05, 0) is 49.9 Å². The van der Waals surface area contributed by atoms with E-state index in [4.69, 9.17) is 27.9 Å². The van der Waals surface area contributed by atoms with Crippen LogP contribution in [0.25, 0.3) is 0 Å². The molecule has 146 valence electrons. The first-order chi connectivity index (χ1) is 13.4. The zero-order valence-corrected chi connectivity index (χ0v) is 17.8. The lowest BCUT2D eigenvalue weighted by molar-refractivity contribution is 0.289. The van der Waals surface area contributed by atoms with Gasteiger partial charge < -0.3 is 9.30 Å². The predicted molar refractivity (Wildman–Crippen MR) is 116 cm³/mol. The SMILES string of the molecule is Cc1ccc(CCn2c(COc3c(C)cccc3C)c(Cl)cc(Cl)c2=O)cc1. The van der Waals surface area contributed by atoms with Gasteiger partial charge in [0, 0.05) is 6.54 Å². The third-order valence-corrected chi connectivity index (χ3v) is 5.41. The number of nitrogens with zero attached hydrogens (tertiary/aromatic N) is 1. The zero-order valence-electron chi connectivity index (χ0n) is 16.3.